The summed E-state index contributed by atoms with van der Waals surface area (Å²) >= 11 is 0. The summed E-state index contributed by atoms with van der Waals surface area (Å²) in [5, 5.41) is 6.42. The molecule has 0 aromatic carbocycles. The predicted octanol–water partition coefficient (Wildman–Crippen LogP) is 0.655. The first-order chi connectivity index (χ1) is 6.36. The fraction of sp³-hybridized carbons (Fsp3) is 0.900. The van der Waals surface area contributed by atoms with Gasteiger partial charge in [-0.3, -0.25) is 4.79 Å². The molecule has 1 amide bonds. The lowest BCUT2D eigenvalue weighted by molar-refractivity contribution is -0.122. The van der Waals surface area contributed by atoms with E-state index in [2.05, 4.69) is 10.6 Å². The van der Waals surface area contributed by atoms with Crippen molar-refractivity contribution in [2.24, 2.45) is 5.92 Å². The molecule has 2 aliphatic rings. The van der Waals surface area contributed by atoms with Crippen LogP contribution in [0.3, 0.4) is 0 Å². The van der Waals surface area contributed by atoms with Crippen molar-refractivity contribution in [2.45, 2.75) is 38.1 Å². The molecular formula is C10H18N2O. The van der Waals surface area contributed by atoms with Crippen molar-refractivity contribution >= 4 is 5.91 Å². The Kier molecular flexibility index (Phi) is 2.83. The highest BCUT2D eigenvalue weighted by Gasteiger charge is 2.29. The molecule has 0 aromatic rings. The number of nitrogens with one attached hydrogen (secondary N) is 2. The van der Waals surface area contributed by atoms with Gasteiger partial charge < -0.3 is 10.6 Å². The Morgan fingerprint density at radius 1 is 1.38 bits per heavy atom. The lowest BCUT2D eigenvalue weighted by Crippen LogP contribution is -2.31. The molecule has 1 saturated heterocycles. The minimum Gasteiger partial charge on any atom is -0.356 e. The fourth-order valence-electron chi connectivity index (χ4n) is 1.86. The number of hydrogen-bond donors (Lipinski definition) is 2. The SMILES string of the molecule is O=C(NCC[C@@H]1CCCN1)C1CC1. The van der Waals surface area contributed by atoms with Gasteiger partial charge in [-0.05, 0) is 38.6 Å². The van der Waals surface area contributed by atoms with Crippen LogP contribution in [0.2, 0.25) is 0 Å². The van der Waals surface area contributed by atoms with Crippen molar-refractivity contribution in [3.05, 3.63) is 0 Å². The van der Waals surface area contributed by atoms with Gasteiger partial charge in [-0.1, -0.05) is 0 Å². The van der Waals surface area contributed by atoms with Crippen molar-refractivity contribution in [1.82, 2.24) is 10.6 Å². The Hall–Kier alpha value is -0.570. The topological polar surface area (TPSA) is 41.1 Å². The Morgan fingerprint density at radius 3 is 2.85 bits per heavy atom. The molecule has 1 aliphatic heterocycles. The van der Waals surface area contributed by atoms with Gasteiger partial charge in [-0.15, -0.1) is 0 Å². The highest BCUT2D eigenvalue weighted by Crippen LogP contribution is 2.28. The largest absolute Gasteiger partial charge is 0.356 e. The molecule has 1 atom stereocenters. The molecule has 2 N–H and O–H groups in total. The molecule has 0 unspecified atom stereocenters. The van der Waals surface area contributed by atoms with E-state index in [1.807, 2.05) is 0 Å². The third-order valence-corrected chi connectivity index (χ3v) is 2.90. The summed E-state index contributed by atoms with van der Waals surface area (Å²) in [6, 6.07) is 0.652. The maximum Gasteiger partial charge on any atom is 0.223 e. The second-order valence-corrected chi connectivity index (χ2v) is 4.15. The van der Waals surface area contributed by atoms with E-state index in [9.17, 15) is 4.79 Å². The van der Waals surface area contributed by atoms with Crippen LogP contribution in [0.4, 0.5) is 0 Å². The summed E-state index contributed by atoms with van der Waals surface area (Å²) < 4.78 is 0. The van der Waals surface area contributed by atoms with Gasteiger partial charge >= 0.3 is 0 Å². The Labute approximate surface area is 79.3 Å². The lowest BCUT2D eigenvalue weighted by atomic mass is 10.1. The van der Waals surface area contributed by atoms with Crippen LogP contribution in [0.15, 0.2) is 0 Å². The van der Waals surface area contributed by atoms with E-state index in [0.717, 1.165) is 32.4 Å². The van der Waals surface area contributed by atoms with E-state index in [1.54, 1.807) is 0 Å². The van der Waals surface area contributed by atoms with Crippen LogP contribution in [0.25, 0.3) is 0 Å². The van der Waals surface area contributed by atoms with Crippen molar-refractivity contribution in [3.63, 3.8) is 0 Å². The number of rotatable bonds is 4. The molecule has 0 bridgehead atoms. The molecule has 0 spiro atoms. The molecule has 3 nitrogen and oxygen atoms in total. The fourth-order valence-corrected chi connectivity index (χ4v) is 1.86. The number of carbonyl (C=O) groups is 1. The van der Waals surface area contributed by atoms with E-state index in [1.165, 1.54) is 12.8 Å². The second kappa shape index (κ2) is 4.09. The van der Waals surface area contributed by atoms with E-state index < -0.39 is 0 Å². The van der Waals surface area contributed by atoms with Crippen LogP contribution < -0.4 is 10.6 Å². The normalized spacial score (nSPS) is 27.5. The number of amides is 1. The van der Waals surface area contributed by atoms with Crippen molar-refractivity contribution in [3.8, 4) is 0 Å². The monoisotopic (exact) mass is 182 g/mol. The quantitative estimate of drug-likeness (QED) is 0.670. The molecule has 0 aromatic heterocycles. The molecule has 13 heavy (non-hydrogen) atoms. The van der Waals surface area contributed by atoms with Gasteiger partial charge in [0.2, 0.25) is 5.91 Å². The van der Waals surface area contributed by atoms with Crippen LogP contribution in [-0.4, -0.2) is 25.0 Å². The second-order valence-electron chi connectivity index (χ2n) is 4.15. The smallest absolute Gasteiger partial charge is 0.223 e. The van der Waals surface area contributed by atoms with Gasteiger partial charge in [0.15, 0.2) is 0 Å². The number of hydrogen-bond acceptors (Lipinski definition) is 2. The van der Waals surface area contributed by atoms with Gasteiger partial charge in [0.1, 0.15) is 0 Å². The summed E-state index contributed by atoms with van der Waals surface area (Å²) in [6.07, 6.45) is 5.88. The zero-order valence-electron chi connectivity index (χ0n) is 8.01. The summed E-state index contributed by atoms with van der Waals surface area (Å²) in [6.45, 7) is 2.01. The molecule has 2 fully saturated rings. The predicted molar refractivity (Wildman–Crippen MR) is 51.4 cm³/mol. The molecule has 1 saturated carbocycles. The van der Waals surface area contributed by atoms with E-state index in [4.69, 9.17) is 0 Å². The Bertz CT molecular complexity index is 183. The minimum absolute atomic E-state index is 0.276. The molecular weight excluding hydrogens is 164 g/mol. The van der Waals surface area contributed by atoms with E-state index in [0.29, 0.717) is 12.0 Å². The van der Waals surface area contributed by atoms with Gasteiger partial charge in [0, 0.05) is 18.5 Å². The van der Waals surface area contributed by atoms with Crippen LogP contribution in [0.1, 0.15) is 32.1 Å². The van der Waals surface area contributed by atoms with Crippen LogP contribution >= 0.6 is 0 Å². The molecule has 0 radical (unpaired) electrons. The summed E-state index contributed by atoms with van der Waals surface area (Å²) in [7, 11) is 0. The summed E-state index contributed by atoms with van der Waals surface area (Å²) in [5.41, 5.74) is 0. The van der Waals surface area contributed by atoms with Gasteiger partial charge in [0.25, 0.3) is 0 Å². The van der Waals surface area contributed by atoms with E-state index >= 15 is 0 Å². The summed E-state index contributed by atoms with van der Waals surface area (Å²) in [5.74, 6) is 0.634. The maximum atomic E-state index is 11.2. The number of carbonyl (C=O) groups excluding carboxylic acids is 1. The van der Waals surface area contributed by atoms with Gasteiger partial charge in [-0.25, -0.2) is 0 Å². The molecule has 1 aliphatic carbocycles. The molecule has 2 rings (SSSR count). The standard InChI is InChI=1S/C10H18N2O/c13-10(8-3-4-8)12-7-5-9-2-1-6-11-9/h8-9,11H,1-7H2,(H,12,13)/t9-/m0/s1. The van der Waals surface area contributed by atoms with Crippen LogP contribution in [0.5, 0.6) is 0 Å². The lowest BCUT2D eigenvalue weighted by Gasteiger charge is -2.10. The Balaban J connectivity index is 1.54. The van der Waals surface area contributed by atoms with Crippen LogP contribution in [-0.2, 0) is 4.79 Å². The van der Waals surface area contributed by atoms with Gasteiger partial charge in [0.05, 0.1) is 0 Å². The third kappa shape index (κ3) is 2.69. The minimum atomic E-state index is 0.276. The maximum absolute atomic E-state index is 11.2. The highest BCUT2D eigenvalue weighted by molar-refractivity contribution is 5.80. The van der Waals surface area contributed by atoms with Crippen LogP contribution in [0, 0.1) is 5.92 Å². The van der Waals surface area contributed by atoms with Crippen molar-refractivity contribution < 1.29 is 4.79 Å². The highest BCUT2D eigenvalue weighted by atomic mass is 16.2. The molecule has 3 heteroatoms. The average molecular weight is 182 g/mol. The third-order valence-electron chi connectivity index (χ3n) is 2.90. The van der Waals surface area contributed by atoms with Gasteiger partial charge in [-0.2, -0.15) is 0 Å². The first kappa shape index (κ1) is 9.00. The molecule has 1 heterocycles. The van der Waals surface area contributed by atoms with Crippen molar-refractivity contribution in [2.75, 3.05) is 13.1 Å². The van der Waals surface area contributed by atoms with Crippen molar-refractivity contribution in [1.29, 1.82) is 0 Å². The first-order valence-electron chi connectivity index (χ1n) is 5.37. The zero-order chi connectivity index (χ0) is 9.10. The zero-order valence-corrected chi connectivity index (χ0v) is 8.01. The van der Waals surface area contributed by atoms with E-state index in [-0.39, 0.29) is 5.91 Å². The molecule has 74 valence electrons. The average Bonchev–Trinajstić information content (AvgIpc) is 2.86. The Morgan fingerprint density at radius 2 is 2.23 bits per heavy atom. The summed E-state index contributed by atoms with van der Waals surface area (Å²) in [4.78, 5) is 11.2. The first-order valence-corrected chi connectivity index (χ1v) is 5.37.